The van der Waals surface area contributed by atoms with Gasteiger partial charge in [-0.1, -0.05) is 13.0 Å². The molecule has 124 valence electrons. The van der Waals surface area contributed by atoms with Gasteiger partial charge < -0.3 is 10.1 Å². The van der Waals surface area contributed by atoms with Gasteiger partial charge in [0, 0.05) is 42.0 Å². The molecule has 1 unspecified atom stereocenters. The number of hydrogen-bond acceptors (Lipinski definition) is 4. The molecule has 1 atom stereocenters. The third kappa shape index (κ3) is 3.81. The van der Waals surface area contributed by atoms with Crippen LogP contribution in [0.15, 0.2) is 54.9 Å². The lowest BCUT2D eigenvalue weighted by Gasteiger charge is -2.12. The quantitative estimate of drug-likeness (QED) is 0.700. The largest absolute Gasteiger partial charge is 0.497 e. The van der Waals surface area contributed by atoms with Crippen molar-refractivity contribution in [3.63, 3.8) is 0 Å². The highest BCUT2D eigenvalue weighted by Gasteiger charge is 2.10. The number of aromatic nitrogens is 3. The molecule has 0 radical (unpaired) electrons. The lowest BCUT2D eigenvalue weighted by atomic mass is 10.1. The van der Waals surface area contributed by atoms with E-state index in [1.807, 2.05) is 48.8 Å². The zero-order valence-electron chi connectivity index (χ0n) is 14.0. The first-order valence-corrected chi connectivity index (χ1v) is 8.06. The van der Waals surface area contributed by atoms with Crippen LogP contribution in [-0.2, 0) is 6.54 Å². The van der Waals surface area contributed by atoms with Crippen molar-refractivity contribution in [3.8, 4) is 17.0 Å². The molecule has 24 heavy (non-hydrogen) atoms. The van der Waals surface area contributed by atoms with E-state index in [1.54, 1.807) is 7.11 Å². The van der Waals surface area contributed by atoms with Gasteiger partial charge in [-0.05, 0) is 36.4 Å². The molecule has 0 bridgehead atoms. The molecule has 5 nitrogen and oxygen atoms in total. The fraction of sp³-hybridized carbons (Fsp3) is 0.263. The molecule has 0 amide bonds. The number of aromatic amines is 1. The monoisotopic (exact) mass is 322 g/mol. The fourth-order valence-corrected chi connectivity index (χ4v) is 2.65. The van der Waals surface area contributed by atoms with Gasteiger partial charge in [-0.15, -0.1) is 0 Å². The van der Waals surface area contributed by atoms with E-state index in [0.29, 0.717) is 5.92 Å². The first-order valence-electron chi connectivity index (χ1n) is 8.06. The maximum atomic E-state index is 5.21. The van der Waals surface area contributed by atoms with Gasteiger partial charge in [0.15, 0.2) is 0 Å². The van der Waals surface area contributed by atoms with Crippen LogP contribution in [0.1, 0.15) is 24.1 Å². The summed E-state index contributed by atoms with van der Waals surface area (Å²) in [5, 5.41) is 10.8. The van der Waals surface area contributed by atoms with Crippen molar-refractivity contribution in [1.82, 2.24) is 20.5 Å². The summed E-state index contributed by atoms with van der Waals surface area (Å²) in [6.07, 6.45) is 3.71. The van der Waals surface area contributed by atoms with E-state index in [2.05, 4.69) is 33.5 Å². The lowest BCUT2D eigenvalue weighted by Crippen LogP contribution is -2.20. The highest BCUT2D eigenvalue weighted by atomic mass is 16.5. The van der Waals surface area contributed by atoms with Gasteiger partial charge in [0.1, 0.15) is 5.75 Å². The average molecular weight is 322 g/mol. The maximum absolute atomic E-state index is 5.21. The molecule has 1 aromatic carbocycles. The molecule has 2 heterocycles. The van der Waals surface area contributed by atoms with Crippen molar-refractivity contribution >= 4 is 0 Å². The molecule has 0 fully saturated rings. The number of pyridine rings is 1. The maximum Gasteiger partial charge on any atom is 0.118 e. The molecule has 3 aromatic rings. The van der Waals surface area contributed by atoms with Crippen molar-refractivity contribution in [2.45, 2.75) is 19.4 Å². The topological polar surface area (TPSA) is 62.8 Å². The van der Waals surface area contributed by atoms with E-state index in [9.17, 15) is 0 Å². The minimum absolute atomic E-state index is 0.363. The number of nitrogens with one attached hydrogen (secondary N) is 2. The van der Waals surface area contributed by atoms with E-state index in [0.717, 1.165) is 41.4 Å². The average Bonchev–Trinajstić information content (AvgIpc) is 3.11. The Bertz CT molecular complexity index is 753. The standard InChI is InChI=1S/C19H22N4O/c1-14(18-5-3-4-10-21-18)11-20-12-16-13-22-23-19(16)15-6-8-17(24-2)9-7-15/h3-10,13-14,20H,11-12H2,1-2H3,(H,22,23). The SMILES string of the molecule is COc1ccc(-c2[nH]ncc2CNCC(C)c2ccccn2)cc1. The Kier molecular flexibility index (Phi) is 5.23. The molecular formula is C19H22N4O. The van der Waals surface area contributed by atoms with Crippen LogP contribution in [-0.4, -0.2) is 28.8 Å². The molecule has 0 saturated heterocycles. The number of benzene rings is 1. The molecule has 2 N–H and O–H groups in total. The second-order valence-corrected chi connectivity index (χ2v) is 5.79. The van der Waals surface area contributed by atoms with E-state index in [-0.39, 0.29) is 0 Å². The molecule has 0 aliphatic carbocycles. The Balaban J connectivity index is 1.61. The highest BCUT2D eigenvalue weighted by Crippen LogP contribution is 2.23. The Morgan fingerprint density at radius 1 is 1.17 bits per heavy atom. The Morgan fingerprint density at radius 2 is 2.00 bits per heavy atom. The van der Waals surface area contributed by atoms with E-state index in [1.165, 1.54) is 0 Å². The fourth-order valence-electron chi connectivity index (χ4n) is 2.65. The van der Waals surface area contributed by atoms with Gasteiger partial charge in [-0.2, -0.15) is 5.10 Å². The summed E-state index contributed by atoms with van der Waals surface area (Å²) < 4.78 is 5.21. The van der Waals surface area contributed by atoms with Crippen LogP contribution in [0.4, 0.5) is 0 Å². The Hall–Kier alpha value is -2.66. The normalized spacial score (nSPS) is 12.1. The summed E-state index contributed by atoms with van der Waals surface area (Å²) in [7, 11) is 1.67. The molecule has 5 heteroatoms. The third-order valence-corrected chi connectivity index (χ3v) is 4.06. The van der Waals surface area contributed by atoms with Crippen molar-refractivity contribution < 1.29 is 4.74 Å². The number of rotatable bonds is 7. The lowest BCUT2D eigenvalue weighted by molar-refractivity contribution is 0.415. The number of methoxy groups -OCH3 is 1. The summed E-state index contributed by atoms with van der Waals surface area (Å²) in [4.78, 5) is 4.41. The number of hydrogen-bond donors (Lipinski definition) is 2. The van der Waals surface area contributed by atoms with Crippen molar-refractivity contribution in [3.05, 3.63) is 66.1 Å². The van der Waals surface area contributed by atoms with Crippen LogP contribution in [0, 0.1) is 0 Å². The molecule has 0 spiro atoms. The van der Waals surface area contributed by atoms with Gasteiger partial charge in [0.05, 0.1) is 19.0 Å². The summed E-state index contributed by atoms with van der Waals surface area (Å²) in [6, 6.07) is 14.0. The Morgan fingerprint density at radius 3 is 2.71 bits per heavy atom. The zero-order valence-corrected chi connectivity index (χ0v) is 14.0. The van der Waals surface area contributed by atoms with Gasteiger partial charge in [0.25, 0.3) is 0 Å². The molecule has 0 saturated carbocycles. The first-order chi connectivity index (χ1) is 11.8. The van der Waals surface area contributed by atoms with E-state index in [4.69, 9.17) is 4.74 Å². The molecular weight excluding hydrogens is 300 g/mol. The number of ether oxygens (including phenoxy) is 1. The smallest absolute Gasteiger partial charge is 0.118 e. The van der Waals surface area contributed by atoms with Crippen LogP contribution in [0.3, 0.4) is 0 Å². The van der Waals surface area contributed by atoms with Gasteiger partial charge in [-0.25, -0.2) is 0 Å². The van der Waals surface area contributed by atoms with Crippen LogP contribution in [0.2, 0.25) is 0 Å². The second kappa shape index (κ2) is 7.75. The summed E-state index contributed by atoms with van der Waals surface area (Å²) >= 11 is 0. The minimum Gasteiger partial charge on any atom is -0.497 e. The number of nitrogens with zero attached hydrogens (tertiary/aromatic N) is 2. The van der Waals surface area contributed by atoms with Crippen LogP contribution in [0.5, 0.6) is 5.75 Å². The predicted molar refractivity (Wildman–Crippen MR) is 94.9 cm³/mol. The first kappa shape index (κ1) is 16.2. The summed E-state index contributed by atoms with van der Waals surface area (Å²) in [5.74, 6) is 1.21. The van der Waals surface area contributed by atoms with Crippen LogP contribution >= 0.6 is 0 Å². The van der Waals surface area contributed by atoms with E-state index >= 15 is 0 Å². The van der Waals surface area contributed by atoms with Gasteiger partial charge >= 0.3 is 0 Å². The second-order valence-electron chi connectivity index (χ2n) is 5.79. The molecule has 0 aliphatic heterocycles. The van der Waals surface area contributed by atoms with Crippen LogP contribution < -0.4 is 10.1 Å². The zero-order chi connectivity index (χ0) is 16.8. The van der Waals surface area contributed by atoms with Crippen molar-refractivity contribution in [2.24, 2.45) is 0 Å². The van der Waals surface area contributed by atoms with Gasteiger partial charge in [0.2, 0.25) is 0 Å². The highest BCUT2D eigenvalue weighted by molar-refractivity contribution is 5.63. The van der Waals surface area contributed by atoms with Crippen molar-refractivity contribution in [2.75, 3.05) is 13.7 Å². The summed E-state index contributed by atoms with van der Waals surface area (Å²) in [6.45, 7) is 3.80. The molecule has 3 rings (SSSR count). The number of H-pyrrole nitrogens is 1. The van der Waals surface area contributed by atoms with E-state index < -0.39 is 0 Å². The molecule has 0 aliphatic rings. The minimum atomic E-state index is 0.363. The van der Waals surface area contributed by atoms with Gasteiger partial charge in [-0.3, -0.25) is 10.1 Å². The van der Waals surface area contributed by atoms with Crippen LogP contribution in [0.25, 0.3) is 11.3 Å². The Labute approximate surface area is 142 Å². The predicted octanol–water partition coefficient (Wildman–Crippen LogP) is 3.37. The summed E-state index contributed by atoms with van der Waals surface area (Å²) in [5.41, 5.74) is 4.39. The third-order valence-electron chi connectivity index (χ3n) is 4.06. The molecule has 2 aromatic heterocycles. The van der Waals surface area contributed by atoms with Crippen molar-refractivity contribution in [1.29, 1.82) is 0 Å².